The number of benzene rings is 3. The number of hydrogen-bond acceptors (Lipinski definition) is 7. The van der Waals surface area contributed by atoms with Gasteiger partial charge in [-0.3, -0.25) is 4.79 Å². The van der Waals surface area contributed by atoms with Gasteiger partial charge in [-0.2, -0.15) is 10.1 Å². The lowest BCUT2D eigenvalue weighted by Crippen LogP contribution is -2.31. The SMILES string of the molecule is COc1cc(NC(=O)C2=C(C)Nc3ncnn3C2c2ccc(OCc3ccccc3F)cc2)c(OC)cc1Cl. The van der Waals surface area contributed by atoms with E-state index in [1.165, 1.54) is 26.6 Å². The summed E-state index contributed by atoms with van der Waals surface area (Å²) in [5.74, 6) is 1.12. The zero-order chi connectivity index (χ0) is 27.5. The molecule has 1 unspecified atom stereocenters. The van der Waals surface area contributed by atoms with E-state index < -0.39 is 6.04 Å². The third-order valence-electron chi connectivity index (χ3n) is 6.31. The van der Waals surface area contributed by atoms with Crippen LogP contribution in [0.1, 0.15) is 24.1 Å². The van der Waals surface area contributed by atoms with Gasteiger partial charge in [-0.1, -0.05) is 41.9 Å². The molecule has 0 radical (unpaired) electrons. The molecule has 1 atom stereocenters. The molecule has 1 aliphatic rings. The topological polar surface area (TPSA) is 99.5 Å². The smallest absolute Gasteiger partial charge is 0.255 e. The molecule has 11 heteroatoms. The lowest BCUT2D eigenvalue weighted by Gasteiger charge is -2.29. The summed E-state index contributed by atoms with van der Waals surface area (Å²) in [6, 6.07) is 16.3. The fraction of sp³-hybridized carbons (Fsp3) is 0.179. The number of carbonyl (C=O) groups is 1. The van der Waals surface area contributed by atoms with E-state index in [4.69, 9.17) is 25.8 Å². The Hall–Kier alpha value is -4.57. The minimum atomic E-state index is -0.593. The van der Waals surface area contributed by atoms with E-state index >= 15 is 0 Å². The van der Waals surface area contributed by atoms with Gasteiger partial charge in [-0.05, 0) is 30.7 Å². The molecule has 0 bridgehead atoms. The van der Waals surface area contributed by atoms with Crippen LogP contribution in [0.25, 0.3) is 0 Å². The first kappa shape index (κ1) is 26.1. The summed E-state index contributed by atoms with van der Waals surface area (Å²) < 4.78 is 32.1. The minimum Gasteiger partial charge on any atom is -0.495 e. The van der Waals surface area contributed by atoms with Crippen molar-refractivity contribution in [1.82, 2.24) is 14.8 Å². The summed E-state index contributed by atoms with van der Waals surface area (Å²) in [7, 11) is 2.98. The van der Waals surface area contributed by atoms with Gasteiger partial charge in [0.1, 0.15) is 42.0 Å². The number of amides is 1. The summed E-state index contributed by atoms with van der Waals surface area (Å²) in [5, 5.41) is 10.8. The predicted molar refractivity (Wildman–Crippen MR) is 145 cm³/mol. The Balaban J connectivity index is 1.44. The number of aromatic nitrogens is 3. The van der Waals surface area contributed by atoms with E-state index in [0.717, 1.165) is 5.56 Å². The van der Waals surface area contributed by atoms with E-state index in [2.05, 4.69) is 20.7 Å². The van der Waals surface area contributed by atoms with Crippen LogP contribution in [0.4, 0.5) is 16.0 Å². The number of carbonyl (C=O) groups excluding carboxylic acids is 1. The Morgan fingerprint density at radius 2 is 1.85 bits per heavy atom. The predicted octanol–water partition coefficient (Wildman–Crippen LogP) is 5.59. The number of allylic oxidation sites excluding steroid dienone is 1. The highest BCUT2D eigenvalue weighted by molar-refractivity contribution is 6.32. The summed E-state index contributed by atoms with van der Waals surface area (Å²) >= 11 is 6.23. The van der Waals surface area contributed by atoms with Crippen molar-refractivity contribution in [3.05, 3.63) is 100 Å². The molecule has 3 aromatic carbocycles. The molecule has 1 aliphatic heterocycles. The first-order valence-corrected chi connectivity index (χ1v) is 12.3. The molecule has 0 fully saturated rings. The Kier molecular flexibility index (Phi) is 7.38. The minimum absolute atomic E-state index is 0.0889. The van der Waals surface area contributed by atoms with Crippen molar-refractivity contribution < 1.29 is 23.4 Å². The number of nitrogens with zero attached hydrogens (tertiary/aromatic N) is 3. The molecule has 9 nitrogen and oxygen atoms in total. The summed E-state index contributed by atoms with van der Waals surface area (Å²) in [4.78, 5) is 18.0. The van der Waals surface area contributed by atoms with Crippen LogP contribution in [0.5, 0.6) is 17.2 Å². The first-order valence-electron chi connectivity index (χ1n) is 12.0. The maximum absolute atomic E-state index is 14.0. The Morgan fingerprint density at radius 1 is 1.10 bits per heavy atom. The fourth-order valence-corrected chi connectivity index (χ4v) is 4.59. The highest BCUT2D eigenvalue weighted by Crippen LogP contribution is 2.39. The van der Waals surface area contributed by atoms with Gasteiger partial charge in [0.25, 0.3) is 5.91 Å². The maximum atomic E-state index is 14.0. The van der Waals surface area contributed by atoms with E-state index in [1.54, 1.807) is 54.1 Å². The van der Waals surface area contributed by atoms with Crippen molar-refractivity contribution in [1.29, 1.82) is 0 Å². The van der Waals surface area contributed by atoms with Crippen molar-refractivity contribution in [2.24, 2.45) is 0 Å². The van der Waals surface area contributed by atoms with E-state index in [-0.39, 0.29) is 18.3 Å². The molecule has 39 heavy (non-hydrogen) atoms. The van der Waals surface area contributed by atoms with Crippen LogP contribution in [0.15, 0.2) is 78.3 Å². The lowest BCUT2D eigenvalue weighted by molar-refractivity contribution is -0.113. The van der Waals surface area contributed by atoms with Gasteiger partial charge in [0.15, 0.2) is 0 Å². The zero-order valence-corrected chi connectivity index (χ0v) is 22.1. The zero-order valence-electron chi connectivity index (χ0n) is 21.4. The van der Waals surface area contributed by atoms with Gasteiger partial charge in [-0.25, -0.2) is 9.07 Å². The number of fused-ring (bicyclic) bond motifs is 1. The summed E-state index contributed by atoms with van der Waals surface area (Å²) in [6.07, 6.45) is 1.42. The standard InChI is InChI=1S/C28H25ClFN5O4/c1-16-25(27(36)34-22-13-23(37-2)20(29)12-24(22)38-3)26(35-28(33-16)31-15-32-35)17-8-10-19(11-9-17)39-14-18-6-4-5-7-21(18)30/h4-13,15,26H,14H2,1-3H3,(H,34,36)(H,31,32,33). The molecule has 1 aromatic heterocycles. The van der Waals surface area contributed by atoms with Crippen LogP contribution >= 0.6 is 11.6 Å². The van der Waals surface area contributed by atoms with Gasteiger partial charge in [0.2, 0.25) is 5.95 Å². The molecule has 0 aliphatic carbocycles. The van der Waals surface area contributed by atoms with Crippen molar-refractivity contribution in [2.75, 3.05) is 24.9 Å². The van der Waals surface area contributed by atoms with Gasteiger partial charge in [-0.15, -0.1) is 0 Å². The quantitative estimate of drug-likeness (QED) is 0.295. The molecule has 5 rings (SSSR count). The Labute approximate surface area is 229 Å². The van der Waals surface area contributed by atoms with Crippen molar-refractivity contribution in [2.45, 2.75) is 19.6 Å². The van der Waals surface area contributed by atoms with Gasteiger partial charge in [0, 0.05) is 23.4 Å². The Bertz CT molecular complexity index is 1550. The van der Waals surface area contributed by atoms with Gasteiger partial charge >= 0.3 is 0 Å². The normalized spacial score (nSPS) is 14.3. The molecule has 1 amide bonds. The number of hydrogen-bond donors (Lipinski definition) is 2. The van der Waals surface area contributed by atoms with Crippen LogP contribution in [0.2, 0.25) is 5.02 Å². The highest BCUT2D eigenvalue weighted by Gasteiger charge is 2.34. The van der Waals surface area contributed by atoms with E-state index in [9.17, 15) is 9.18 Å². The van der Waals surface area contributed by atoms with Gasteiger partial charge in [0.05, 0.1) is 30.5 Å². The molecule has 2 N–H and O–H groups in total. The molecule has 4 aromatic rings. The maximum Gasteiger partial charge on any atom is 0.255 e. The summed E-state index contributed by atoms with van der Waals surface area (Å²) in [5.41, 5.74) is 2.65. The lowest BCUT2D eigenvalue weighted by atomic mass is 9.95. The second-order valence-electron chi connectivity index (χ2n) is 8.68. The third-order valence-corrected chi connectivity index (χ3v) is 6.60. The van der Waals surface area contributed by atoms with Crippen molar-refractivity contribution in [3.63, 3.8) is 0 Å². The van der Waals surface area contributed by atoms with Crippen LogP contribution in [0.3, 0.4) is 0 Å². The average Bonchev–Trinajstić information content (AvgIpc) is 3.41. The third kappa shape index (κ3) is 5.23. The second-order valence-corrected chi connectivity index (χ2v) is 9.09. The monoisotopic (exact) mass is 549 g/mol. The second kappa shape index (κ2) is 11.0. The fourth-order valence-electron chi connectivity index (χ4n) is 4.36. The molecule has 2 heterocycles. The number of anilines is 2. The molecular formula is C28H25ClFN5O4. The molecule has 0 saturated heterocycles. The van der Waals surface area contributed by atoms with E-state index in [0.29, 0.717) is 50.7 Å². The highest BCUT2D eigenvalue weighted by atomic mass is 35.5. The molecule has 0 saturated carbocycles. The van der Waals surface area contributed by atoms with Crippen LogP contribution in [0, 0.1) is 5.82 Å². The van der Waals surface area contributed by atoms with Crippen molar-refractivity contribution in [3.8, 4) is 17.2 Å². The summed E-state index contributed by atoms with van der Waals surface area (Å²) in [6.45, 7) is 1.89. The Morgan fingerprint density at radius 3 is 2.56 bits per heavy atom. The first-order chi connectivity index (χ1) is 18.9. The van der Waals surface area contributed by atoms with Crippen molar-refractivity contribution >= 4 is 29.1 Å². The van der Waals surface area contributed by atoms with Crippen LogP contribution in [-0.4, -0.2) is 34.9 Å². The van der Waals surface area contributed by atoms with E-state index in [1.807, 2.05) is 12.1 Å². The number of rotatable bonds is 8. The average molecular weight is 550 g/mol. The number of nitrogens with one attached hydrogen (secondary N) is 2. The number of ether oxygens (including phenoxy) is 3. The molecule has 0 spiro atoms. The van der Waals surface area contributed by atoms with Crippen LogP contribution in [-0.2, 0) is 11.4 Å². The van der Waals surface area contributed by atoms with Gasteiger partial charge < -0.3 is 24.8 Å². The number of methoxy groups -OCH3 is 2. The molecule has 200 valence electrons. The number of halogens is 2. The van der Waals surface area contributed by atoms with Crippen LogP contribution < -0.4 is 24.8 Å². The molecular weight excluding hydrogens is 525 g/mol. The largest absolute Gasteiger partial charge is 0.495 e.